The van der Waals surface area contributed by atoms with E-state index in [0.717, 1.165) is 11.3 Å². The molecule has 0 radical (unpaired) electrons. The van der Waals surface area contributed by atoms with Gasteiger partial charge >= 0.3 is 5.96 Å². The van der Waals surface area contributed by atoms with E-state index in [1.807, 2.05) is 34.9 Å². The molecule has 3 rings (SSSR count). The van der Waals surface area contributed by atoms with Crippen molar-refractivity contribution < 1.29 is 14.0 Å². The van der Waals surface area contributed by atoms with E-state index >= 15 is 0 Å². The lowest BCUT2D eigenvalue weighted by Gasteiger charge is -2.23. The van der Waals surface area contributed by atoms with Crippen molar-refractivity contribution in [2.75, 3.05) is 14.2 Å². The summed E-state index contributed by atoms with van der Waals surface area (Å²) in [6.45, 7) is 0. The smallest absolute Gasteiger partial charge is 0.357 e. The minimum absolute atomic E-state index is 0.238. The van der Waals surface area contributed by atoms with Gasteiger partial charge in [-0.1, -0.05) is 11.6 Å². The van der Waals surface area contributed by atoms with Gasteiger partial charge in [-0.2, -0.15) is 4.99 Å². The summed E-state index contributed by atoms with van der Waals surface area (Å²) in [4.78, 5) is 4.49. The van der Waals surface area contributed by atoms with Gasteiger partial charge in [0.15, 0.2) is 11.5 Å². The molecule has 0 aliphatic carbocycles. The molecule has 8 heteroatoms. The number of nitrogens with zero attached hydrogens (tertiary/aromatic N) is 2. The Labute approximate surface area is 150 Å². The van der Waals surface area contributed by atoms with Crippen molar-refractivity contribution in [2.24, 2.45) is 16.5 Å². The normalized spacial score (nSPS) is 16.9. The lowest BCUT2D eigenvalue weighted by Crippen LogP contribution is -2.50. The first-order chi connectivity index (χ1) is 12.0. The Balaban J connectivity index is 2.10. The van der Waals surface area contributed by atoms with Gasteiger partial charge in [-0.25, -0.2) is 9.89 Å². The molecule has 5 N–H and O–H groups in total. The molecular weight excluding hydrogens is 342 g/mol. The molecule has 0 bridgehead atoms. The molecule has 25 heavy (non-hydrogen) atoms. The monoisotopic (exact) mass is 360 g/mol. The van der Waals surface area contributed by atoms with Crippen LogP contribution in [0.25, 0.3) is 0 Å². The molecule has 1 aliphatic rings. The second-order valence-electron chi connectivity index (χ2n) is 5.36. The predicted octanol–water partition coefficient (Wildman–Crippen LogP) is 1.93. The van der Waals surface area contributed by atoms with Gasteiger partial charge in [0, 0.05) is 10.6 Å². The average molecular weight is 361 g/mol. The van der Waals surface area contributed by atoms with Crippen molar-refractivity contribution >= 4 is 29.2 Å². The molecule has 1 aliphatic heterocycles. The fourth-order valence-electron chi connectivity index (χ4n) is 2.66. The maximum atomic E-state index is 6.18. The van der Waals surface area contributed by atoms with Gasteiger partial charge in [0.25, 0.3) is 5.96 Å². The Bertz CT molecular complexity index is 849. The van der Waals surface area contributed by atoms with Crippen molar-refractivity contribution in [2.45, 2.75) is 6.17 Å². The number of hydrogen-bond donors (Lipinski definition) is 3. The van der Waals surface area contributed by atoms with Gasteiger partial charge in [0.05, 0.1) is 14.2 Å². The molecular formula is C17H19ClN5O2+. The van der Waals surface area contributed by atoms with Crippen LogP contribution in [0.2, 0.25) is 5.02 Å². The summed E-state index contributed by atoms with van der Waals surface area (Å²) in [5.41, 5.74) is 13.7. The zero-order valence-electron chi connectivity index (χ0n) is 13.9. The Morgan fingerprint density at radius 2 is 1.72 bits per heavy atom. The van der Waals surface area contributed by atoms with E-state index in [9.17, 15) is 0 Å². The van der Waals surface area contributed by atoms with E-state index in [4.69, 9.17) is 32.5 Å². The molecule has 1 heterocycles. The summed E-state index contributed by atoms with van der Waals surface area (Å²) in [5, 5.41) is 3.49. The van der Waals surface area contributed by atoms with Gasteiger partial charge in [0.2, 0.25) is 6.17 Å². The van der Waals surface area contributed by atoms with E-state index < -0.39 is 6.17 Å². The highest BCUT2D eigenvalue weighted by molar-refractivity contribution is 6.30. The summed E-state index contributed by atoms with van der Waals surface area (Å²) in [7, 11) is 3.17. The zero-order chi connectivity index (χ0) is 18.0. The van der Waals surface area contributed by atoms with Crippen LogP contribution in [-0.2, 0) is 0 Å². The molecule has 0 saturated carbocycles. The first-order valence-corrected chi connectivity index (χ1v) is 7.90. The van der Waals surface area contributed by atoms with Gasteiger partial charge in [-0.3, -0.25) is 5.73 Å². The van der Waals surface area contributed by atoms with Crippen LogP contribution in [0.1, 0.15) is 11.7 Å². The SMILES string of the molecule is COc1ccc(C2N=C(N)NC(N)=[N+]2c2ccc(Cl)cc2)cc1OC. The van der Waals surface area contributed by atoms with E-state index in [0.29, 0.717) is 22.5 Å². The number of hydrogen-bond acceptors (Lipinski definition) is 6. The lowest BCUT2D eigenvalue weighted by molar-refractivity contribution is -0.494. The number of methoxy groups -OCH3 is 2. The summed E-state index contributed by atoms with van der Waals surface area (Å²) in [6, 6.07) is 12.9. The van der Waals surface area contributed by atoms with Crippen molar-refractivity contribution in [3.8, 4) is 11.5 Å². The van der Waals surface area contributed by atoms with Crippen molar-refractivity contribution in [1.29, 1.82) is 0 Å². The fourth-order valence-corrected chi connectivity index (χ4v) is 2.79. The first kappa shape index (κ1) is 16.9. The highest BCUT2D eigenvalue weighted by atomic mass is 35.5. The van der Waals surface area contributed by atoms with Crippen molar-refractivity contribution in [3.05, 3.63) is 53.1 Å². The Morgan fingerprint density at radius 1 is 1.04 bits per heavy atom. The minimum Gasteiger partial charge on any atom is -0.493 e. The zero-order valence-corrected chi connectivity index (χ0v) is 14.6. The number of guanidine groups is 2. The van der Waals surface area contributed by atoms with E-state index in [1.165, 1.54) is 0 Å². The molecule has 2 aromatic rings. The third-order valence-corrected chi connectivity index (χ3v) is 4.08. The van der Waals surface area contributed by atoms with Crippen molar-refractivity contribution in [3.63, 3.8) is 0 Å². The molecule has 0 spiro atoms. The number of halogens is 1. The van der Waals surface area contributed by atoms with Crippen LogP contribution in [0.5, 0.6) is 11.5 Å². The van der Waals surface area contributed by atoms with E-state index in [1.54, 1.807) is 26.4 Å². The fraction of sp³-hybridized carbons (Fsp3) is 0.176. The van der Waals surface area contributed by atoms with Crippen LogP contribution in [-0.4, -0.2) is 30.7 Å². The molecule has 7 nitrogen and oxygen atoms in total. The highest BCUT2D eigenvalue weighted by Gasteiger charge is 2.29. The van der Waals surface area contributed by atoms with Crippen LogP contribution in [0.3, 0.4) is 0 Å². The molecule has 1 unspecified atom stereocenters. The van der Waals surface area contributed by atoms with Crippen molar-refractivity contribution in [1.82, 2.24) is 5.32 Å². The number of rotatable bonds is 4. The standard InChI is InChI=1S/C17H18ClN5O2/c1-24-13-8-3-10(9-14(13)25-2)15-21-16(19)22-17(20)23(15)12-6-4-11(18)5-7-12/h3-9,15H,1-2H3,(H4,19,20,21,22)/p+1. The maximum Gasteiger partial charge on any atom is 0.357 e. The van der Waals surface area contributed by atoms with Crippen LogP contribution in [0.4, 0.5) is 5.69 Å². The number of benzene rings is 2. The quantitative estimate of drug-likeness (QED) is 0.724. The second-order valence-corrected chi connectivity index (χ2v) is 5.80. The van der Waals surface area contributed by atoms with E-state index in [-0.39, 0.29) is 5.96 Å². The molecule has 0 amide bonds. The van der Waals surface area contributed by atoms with E-state index in [2.05, 4.69) is 10.3 Å². The Hall–Kier alpha value is -2.93. The van der Waals surface area contributed by atoms with Gasteiger partial charge in [0.1, 0.15) is 5.69 Å². The lowest BCUT2D eigenvalue weighted by atomic mass is 10.1. The van der Waals surface area contributed by atoms with Crippen LogP contribution >= 0.6 is 11.6 Å². The molecule has 1 atom stereocenters. The minimum atomic E-state index is -0.456. The van der Waals surface area contributed by atoms with Crippen LogP contribution in [0.15, 0.2) is 47.5 Å². The largest absolute Gasteiger partial charge is 0.493 e. The maximum absolute atomic E-state index is 6.18. The highest BCUT2D eigenvalue weighted by Crippen LogP contribution is 2.34. The van der Waals surface area contributed by atoms with Gasteiger partial charge in [-0.15, -0.1) is 0 Å². The third-order valence-electron chi connectivity index (χ3n) is 3.83. The number of aliphatic imine (C=N–C) groups is 1. The molecule has 0 fully saturated rings. The second kappa shape index (κ2) is 6.90. The van der Waals surface area contributed by atoms with Gasteiger partial charge < -0.3 is 15.2 Å². The number of nitrogens with two attached hydrogens (primary N) is 2. The summed E-state index contributed by atoms with van der Waals surface area (Å²) in [6.07, 6.45) is -0.456. The molecule has 2 aromatic carbocycles. The summed E-state index contributed by atoms with van der Waals surface area (Å²) >= 11 is 5.99. The predicted molar refractivity (Wildman–Crippen MR) is 97.6 cm³/mol. The third kappa shape index (κ3) is 3.32. The van der Waals surface area contributed by atoms with Gasteiger partial charge in [-0.05, 0) is 42.5 Å². The topological polar surface area (TPSA) is 97.9 Å². The number of ether oxygens (including phenoxy) is 2. The molecule has 0 aromatic heterocycles. The molecule has 0 saturated heterocycles. The number of nitrogens with one attached hydrogen (secondary N) is 1. The van der Waals surface area contributed by atoms with Crippen LogP contribution < -0.4 is 26.3 Å². The molecule has 130 valence electrons. The van der Waals surface area contributed by atoms with Crippen LogP contribution in [0, 0.1) is 0 Å². The summed E-state index contributed by atoms with van der Waals surface area (Å²) in [5.74, 6) is 1.84. The summed E-state index contributed by atoms with van der Waals surface area (Å²) < 4.78 is 12.5. The Morgan fingerprint density at radius 3 is 2.36 bits per heavy atom. The first-order valence-electron chi connectivity index (χ1n) is 7.53. The Kier molecular flexibility index (Phi) is 4.67. The average Bonchev–Trinajstić information content (AvgIpc) is 2.61.